The van der Waals surface area contributed by atoms with Gasteiger partial charge in [-0.05, 0) is 23.8 Å². The lowest BCUT2D eigenvalue weighted by Gasteiger charge is -2.16. The van der Waals surface area contributed by atoms with Crippen LogP contribution in [0.2, 0.25) is 5.02 Å². The number of rotatable bonds is 5. The lowest BCUT2D eigenvalue weighted by molar-refractivity contribution is 0.467. The van der Waals surface area contributed by atoms with Crippen LogP contribution in [0.25, 0.3) is 0 Å². The monoisotopic (exact) mass is 313 g/mol. The summed E-state index contributed by atoms with van der Waals surface area (Å²) in [7, 11) is -1.98. The third-order valence-electron chi connectivity index (χ3n) is 2.96. The van der Waals surface area contributed by atoms with Gasteiger partial charge in [0.2, 0.25) is 10.0 Å². The van der Waals surface area contributed by atoms with Crippen LogP contribution in [0.15, 0.2) is 41.4 Å². The van der Waals surface area contributed by atoms with Crippen molar-refractivity contribution in [3.63, 3.8) is 0 Å². The maximum absolute atomic E-state index is 12.4. The Morgan fingerprint density at radius 3 is 2.50 bits per heavy atom. The normalized spacial score (nSPS) is 12.0. The molecule has 0 atom stereocenters. The fraction of sp³-hybridized carbons (Fsp3) is 0.231. The van der Waals surface area contributed by atoms with E-state index in [1.54, 1.807) is 37.4 Å². The van der Waals surface area contributed by atoms with E-state index in [9.17, 15) is 8.42 Å². The summed E-state index contributed by atoms with van der Waals surface area (Å²) >= 11 is 5.80. The second-order valence-corrected chi connectivity index (χ2v) is 6.93. The van der Waals surface area contributed by atoms with Gasteiger partial charge in [-0.25, -0.2) is 8.42 Å². The number of halogens is 1. The zero-order chi connectivity index (χ0) is 14.8. The first-order valence-electron chi connectivity index (χ1n) is 6.01. The second kappa shape index (κ2) is 5.97. The minimum Gasteiger partial charge on any atom is -0.363 e. The Balaban J connectivity index is 2.18. The Morgan fingerprint density at radius 1 is 1.30 bits per heavy atom. The van der Waals surface area contributed by atoms with E-state index >= 15 is 0 Å². The molecule has 2 rings (SSSR count). The molecule has 1 aromatic carbocycles. The second-order valence-electron chi connectivity index (χ2n) is 4.45. The largest absolute Gasteiger partial charge is 0.363 e. The van der Waals surface area contributed by atoms with Gasteiger partial charge in [-0.15, -0.1) is 0 Å². The van der Waals surface area contributed by atoms with Crippen molar-refractivity contribution in [2.75, 3.05) is 7.05 Å². The summed E-state index contributed by atoms with van der Waals surface area (Å²) in [6.45, 7) is 0.555. The SMILES string of the molecule is CN(Cc1ccc(Cl)cc1)S(=O)(=O)c1c[nH]c(CN)c1. The van der Waals surface area contributed by atoms with Gasteiger partial charge in [0.05, 0.1) is 4.90 Å². The molecule has 0 fully saturated rings. The first-order valence-corrected chi connectivity index (χ1v) is 7.83. The van der Waals surface area contributed by atoms with Gasteiger partial charge < -0.3 is 10.7 Å². The number of nitrogens with zero attached hydrogens (tertiary/aromatic N) is 1. The molecule has 0 spiro atoms. The van der Waals surface area contributed by atoms with Crippen molar-refractivity contribution in [1.82, 2.24) is 9.29 Å². The van der Waals surface area contributed by atoms with Crippen molar-refractivity contribution >= 4 is 21.6 Å². The number of benzene rings is 1. The standard InChI is InChI=1S/C13H16ClN3O2S/c1-17(9-10-2-4-11(14)5-3-10)20(18,19)13-6-12(7-15)16-8-13/h2-6,8,16H,7,9,15H2,1H3. The predicted octanol–water partition coefficient (Wildman–Crippen LogP) is 1.95. The van der Waals surface area contributed by atoms with E-state index < -0.39 is 10.0 Å². The van der Waals surface area contributed by atoms with E-state index in [1.165, 1.54) is 10.5 Å². The van der Waals surface area contributed by atoms with Crippen LogP contribution in [0.4, 0.5) is 0 Å². The van der Waals surface area contributed by atoms with Crippen LogP contribution in [0, 0.1) is 0 Å². The van der Waals surface area contributed by atoms with Crippen molar-refractivity contribution in [2.24, 2.45) is 5.73 Å². The molecule has 0 aliphatic heterocycles. The molecular formula is C13H16ClN3O2S. The Labute approximate surface area is 123 Å². The lowest BCUT2D eigenvalue weighted by atomic mass is 10.2. The van der Waals surface area contributed by atoms with Crippen LogP contribution in [-0.2, 0) is 23.1 Å². The maximum Gasteiger partial charge on any atom is 0.244 e. The highest BCUT2D eigenvalue weighted by Crippen LogP contribution is 2.18. The zero-order valence-electron chi connectivity index (χ0n) is 11.0. The molecule has 0 saturated carbocycles. The minimum atomic E-state index is -3.52. The van der Waals surface area contributed by atoms with Crippen LogP contribution in [0.5, 0.6) is 0 Å². The fourth-order valence-electron chi connectivity index (χ4n) is 1.80. The molecule has 0 saturated heterocycles. The van der Waals surface area contributed by atoms with Gasteiger partial charge in [-0.1, -0.05) is 23.7 Å². The summed E-state index contributed by atoms with van der Waals surface area (Å²) < 4.78 is 26.0. The highest BCUT2D eigenvalue weighted by atomic mass is 35.5. The average Bonchev–Trinajstić information content (AvgIpc) is 2.90. The van der Waals surface area contributed by atoms with Crippen molar-refractivity contribution in [3.05, 3.63) is 52.8 Å². The summed E-state index contributed by atoms with van der Waals surface area (Å²) in [6.07, 6.45) is 1.45. The fourth-order valence-corrected chi connectivity index (χ4v) is 3.10. The van der Waals surface area contributed by atoms with Crippen molar-refractivity contribution in [3.8, 4) is 0 Å². The lowest BCUT2D eigenvalue weighted by Crippen LogP contribution is -2.26. The molecule has 2 aromatic rings. The van der Waals surface area contributed by atoms with E-state index in [0.29, 0.717) is 10.7 Å². The number of nitrogens with one attached hydrogen (secondary N) is 1. The Morgan fingerprint density at radius 2 is 1.95 bits per heavy atom. The van der Waals surface area contributed by atoms with Gasteiger partial charge in [-0.2, -0.15) is 4.31 Å². The van der Waals surface area contributed by atoms with Gasteiger partial charge in [0.1, 0.15) is 0 Å². The summed E-state index contributed by atoms with van der Waals surface area (Å²) in [6, 6.07) is 8.63. The first-order chi connectivity index (χ1) is 9.43. The van der Waals surface area contributed by atoms with E-state index in [-0.39, 0.29) is 18.0 Å². The number of aromatic nitrogens is 1. The van der Waals surface area contributed by atoms with E-state index in [2.05, 4.69) is 4.98 Å². The predicted molar refractivity (Wildman–Crippen MR) is 78.8 cm³/mol. The molecule has 0 unspecified atom stereocenters. The summed E-state index contributed by atoms with van der Waals surface area (Å²) in [5.41, 5.74) is 7.02. The van der Waals surface area contributed by atoms with E-state index in [4.69, 9.17) is 17.3 Å². The maximum atomic E-state index is 12.4. The summed E-state index contributed by atoms with van der Waals surface area (Å²) in [4.78, 5) is 3.06. The van der Waals surface area contributed by atoms with Gasteiger partial charge in [-0.3, -0.25) is 0 Å². The van der Waals surface area contributed by atoms with Crippen molar-refractivity contribution < 1.29 is 8.42 Å². The van der Waals surface area contributed by atoms with E-state index in [0.717, 1.165) is 5.56 Å². The van der Waals surface area contributed by atoms with E-state index in [1.807, 2.05) is 0 Å². The number of hydrogen-bond acceptors (Lipinski definition) is 3. The van der Waals surface area contributed by atoms with Gasteiger partial charge in [0, 0.05) is 37.1 Å². The molecule has 0 aliphatic carbocycles. The minimum absolute atomic E-state index is 0.217. The van der Waals surface area contributed by atoms with Gasteiger partial charge >= 0.3 is 0 Å². The van der Waals surface area contributed by atoms with Crippen LogP contribution in [0.3, 0.4) is 0 Å². The third kappa shape index (κ3) is 3.21. The third-order valence-corrected chi connectivity index (χ3v) is 5.00. The summed E-state index contributed by atoms with van der Waals surface area (Å²) in [5, 5.41) is 0.623. The Hall–Kier alpha value is -1.34. The quantitative estimate of drug-likeness (QED) is 0.885. The first kappa shape index (κ1) is 15.1. The van der Waals surface area contributed by atoms with Gasteiger partial charge in [0.25, 0.3) is 0 Å². The highest BCUT2D eigenvalue weighted by molar-refractivity contribution is 7.89. The molecule has 7 heteroatoms. The molecule has 1 aromatic heterocycles. The van der Waals surface area contributed by atoms with Crippen LogP contribution < -0.4 is 5.73 Å². The molecule has 20 heavy (non-hydrogen) atoms. The molecule has 1 heterocycles. The molecule has 5 nitrogen and oxygen atoms in total. The summed E-state index contributed by atoms with van der Waals surface area (Å²) in [5.74, 6) is 0. The average molecular weight is 314 g/mol. The molecular weight excluding hydrogens is 298 g/mol. The molecule has 3 N–H and O–H groups in total. The molecule has 0 amide bonds. The van der Waals surface area contributed by atoms with Crippen LogP contribution in [0.1, 0.15) is 11.3 Å². The molecule has 108 valence electrons. The highest BCUT2D eigenvalue weighted by Gasteiger charge is 2.22. The molecule has 0 aliphatic rings. The smallest absolute Gasteiger partial charge is 0.244 e. The van der Waals surface area contributed by atoms with Crippen LogP contribution in [-0.4, -0.2) is 24.8 Å². The number of nitrogens with two attached hydrogens (primary N) is 1. The van der Waals surface area contributed by atoms with Crippen LogP contribution >= 0.6 is 11.6 Å². The Kier molecular flexibility index (Phi) is 4.49. The van der Waals surface area contributed by atoms with Crippen molar-refractivity contribution in [2.45, 2.75) is 18.0 Å². The topological polar surface area (TPSA) is 79.2 Å². The number of sulfonamides is 1. The molecule has 0 bridgehead atoms. The zero-order valence-corrected chi connectivity index (χ0v) is 12.6. The Bertz CT molecular complexity index is 680. The number of hydrogen-bond donors (Lipinski definition) is 2. The number of H-pyrrole nitrogens is 1. The molecule has 0 radical (unpaired) electrons. The van der Waals surface area contributed by atoms with Crippen molar-refractivity contribution in [1.29, 1.82) is 0 Å². The van der Waals surface area contributed by atoms with Gasteiger partial charge in [0.15, 0.2) is 0 Å². The number of aromatic amines is 1.